The molecule has 3 N–H and O–H groups in total. The van der Waals surface area contributed by atoms with Gasteiger partial charge in [-0.15, -0.1) is 0 Å². The third-order valence-electron chi connectivity index (χ3n) is 5.16. The molecular formula is C26H54N2O6. The molecule has 0 aliphatic heterocycles. The largest absolute Gasteiger partial charge is 0.466 e. The average Bonchev–Trinajstić information content (AvgIpc) is 2.84. The number of hydrogen-bond donors (Lipinski definition) is 2. The van der Waals surface area contributed by atoms with Gasteiger partial charge in [0, 0.05) is 6.42 Å². The van der Waals surface area contributed by atoms with E-state index in [2.05, 4.69) is 30.8 Å². The first-order valence-electron chi connectivity index (χ1n) is 13.0. The number of nitrogens with two attached hydrogens (primary N) is 1. The minimum atomic E-state index is -0.195. The molecule has 0 bridgehead atoms. The number of unbranched alkanes of at least 4 members (excludes halogenated alkanes) is 1. The van der Waals surface area contributed by atoms with Crippen LogP contribution in [0.3, 0.4) is 0 Å². The molecule has 8 heteroatoms. The minimum absolute atomic E-state index is 0.00253. The second-order valence-corrected chi connectivity index (χ2v) is 8.58. The Labute approximate surface area is 209 Å². The van der Waals surface area contributed by atoms with Gasteiger partial charge in [-0.05, 0) is 38.6 Å². The lowest BCUT2D eigenvalue weighted by molar-refractivity contribution is -0.149. The highest BCUT2D eigenvalue weighted by atomic mass is 16.5. The molecule has 8 nitrogen and oxygen atoms in total. The van der Waals surface area contributed by atoms with Crippen molar-refractivity contribution >= 4 is 17.9 Å². The highest BCUT2D eigenvalue weighted by Crippen LogP contribution is 2.25. The van der Waals surface area contributed by atoms with Gasteiger partial charge >= 0.3 is 17.9 Å². The van der Waals surface area contributed by atoms with Crippen LogP contribution in [0.15, 0.2) is 0 Å². The number of carbonyl (C=O) groups is 3. The predicted octanol–water partition coefficient (Wildman–Crippen LogP) is 5.32. The quantitative estimate of drug-likeness (QED) is 0.227. The van der Waals surface area contributed by atoms with E-state index in [0.29, 0.717) is 26.2 Å². The molecule has 0 saturated heterocycles. The third-order valence-corrected chi connectivity index (χ3v) is 5.16. The molecule has 0 heterocycles. The van der Waals surface area contributed by atoms with Crippen LogP contribution in [0.2, 0.25) is 0 Å². The van der Waals surface area contributed by atoms with Crippen LogP contribution in [0.1, 0.15) is 113 Å². The molecule has 1 rings (SSSR count). The van der Waals surface area contributed by atoms with Crippen LogP contribution in [0.4, 0.5) is 0 Å². The van der Waals surface area contributed by atoms with Crippen molar-refractivity contribution in [3.8, 4) is 0 Å². The van der Waals surface area contributed by atoms with E-state index in [9.17, 15) is 14.4 Å². The van der Waals surface area contributed by atoms with Crippen LogP contribution in [-0.2, 0) is 28.6 Å². The van der Waals surface area contributed by atoms with Crippen LogP contribution in [-0.4, -0.2) is 45.0 Å². The van der Waals surface area contributed by atoms with Crippen molar-refractivity contribution in [2.24, 2.45) is 17.1 Å². The molecule has 0 aromatic rings. The lowest BCUT2D eigenvalue weighted by atomic mass is 9.87. The average molecular weight is 491 g/mol. The topological polar surface area (TPSA) is 117 Å². The maximum absolute atomic E-state index is 11.2. The first kappa shape index (κ1) is 36.9. The van der Waals surface area contributed by atoms with Crippen LogP contribution >= 0.6 is 0 Å². The maximum atomic E-state index is 11.2. The van der Waals surface area contributed by atoms with Gasteiger partial charge < -0.3 is 14.2 Å². The van der Waals surface area contributed by atoms with E-state index < -0.39 is 0 Å². The van der Waals surface area contributed by atoms with Gasteiger partial charge in [0.25, 0.3) is 0 Å². The minimum Gasteiger partial charge on any atom is -0.466 e. The lowest BCUT2D eigenvalue weighted by Crippen LogP contribution is -2.22. The Hall–Kier alpha value is -1.67. The maximum Gasteiger partial charge on any atom is 0.308 e. The fraction of sp³-hybridized carbons (Fsp3) is 0.885. The summed E-state index contributed by atoms with van der Waals surface area (Å²) in [7, 11) is 1.75. The van der Waals surface area contributed by atoms with Crippen molar-refractivity contribution in [3.05, 3.63) is 0 Å². The highest BCUT2D eigenvalue weighted by Gasteiger charge is 2.21. The molecule has 0 radical (unpaired) electrons. The van der Waals surface area contributed by atoms with Crippen molar-refractivity contribution in [1.29, 1.82) is 0 Å². The molecule has 34 heavy (non-hydrogen) atoms. The highest BCUT2D eigenvalue weighted by molar-refractivity contribution is 5.72. The first-order chi connectivity index (χ1) is 16.2. The van der Waals surface area contributed by atoms with E-state index in [1.165, 1.54) is 19.3 Å². The number of rotatable bonds is 11. The number of carbonyl (C=O) groups excluding carboxylic acids is 3. The second-order valence-electron chi connectivity index (χ2n) is 8.58. The van der Waals surface area contributed by atoms with E-state index in [-0.39, 0.29) is 36.0 Å². The normalized spacial score (nSPS) is 13.0. The number of nitrogens with one attached hydrogen (secondary N) is 1. The van der Waals surface area contributed by atoms with Crippen molar-refractivity contribution in [2.45, 2.75) is 113 Å². The fourth-order valence-electron chi connectivity index (χ4n) is 2.80. The van der Waals surface area contributed by atoms with E-state index in [1.54, 1.807) is 7.05 Å². The molecule has 1 fully saturated rings. The van der Waals surface area contributed by atoms with Crippen LogP contribution in [0.5, 0.6) is 0 Å². The van der Waals surface area contributed by atoms with Gasteiger partial charge in [-0.25, -0.2) is 0 Å². The lowest BCUT2D eigenvalue weighted by Gasteiger charge is -2.20. The molecule has 0 unspecified atom stereocenters. The summed E-state index contributed by atoms with van der Waals surface area (Å²) in [4.78, 5) is 32.8. The van der Waals surface area contributed by atoms with Crippen molar-refractivity contribution in [1.82, 2.24) is 5.32 Å². The summed E-state index contributed by atoms with van der Waals surface area (Å²) in [5.74, 6) is -0.0912. The molecular weight excluding hydrogens is 436 g/mol. The molecule has 0 aromatic carbocycles. The van der Waals surface area contributed by atoms with Crippen molar-refractivity contribution < 1.29 is 28.6 Å². The van der Waals surface area contributed by atoms with Gasteiger partial charge in [-0.1, -0.05) is 73.6 Å². The Morgan fingerprint density at radius 1 is 0.941 bits per heavy atom. The Bertz CT molecular complexity index is 492. The summed E-state index contributed by atoms with van der Waals surface area (Å²) in [6, 6.07) is 0. The van der Waals surface area contributed by atoms with Crippen LogP contribution in [0.25, 0.3) is 0 Å². The van der Waals surface area contributed by atoms with Crippen LogP contribution < -0.4 is 11.1 Å². The molecule has 1 aliphatic rings. The standard InChI is InChI=1S/C9H19NO2.C9H16O2.C6H13NO2.C2H6/c1-5-9(2,3)6-8(11)12-7-10-4;1-2-11-9(10)8-6-4-3-5-7-8;1-2-3-4-6(8)9-5-7;1-2/h10H,5-7H2,1-4H3;8H,2-7H2,1H3;2-5,7H2,1H3;1-2H3. The molecule has 0 aromatic heterocycles. The number of hydrogen-bond acceptors (Lipinski definition) is 8. The summed E-state index contributed by atoms with van der Waals surface area (Å²) >= 11 is 0. The fourth-order valence-corrected chi connectivity index (χ4v) is 2.80. The van der Waals surface area contributed by atoms with Gasteiger partial charge in [0.05, 0.1) is 18.9 Å². The Kier molecular flexibility index (Phi) is 28.1. The van der Waals surface area contributed by atoms with Crippen molar-refractivity contribution in [3.63, 3.8) is 0 Å². The van der Waals surface area contributed by atoms with E-state index in [0.717, 1.165) is 32.1 Å². The van der Waals surface area contributed by atoms with Crippen molar-refractivity contribution in [2.75, 3.05) is 27.1 Å². The van der Waals surface area contributed by atoms with Gasteiger partial charge in [0.15, 0.2) is 0 Å². The van der Waals surface area contributed by atoms with Gasteiger partial charge in [0.2, 0.25) is 0 Å². The SMILES string of the molecule is CC.CCC(C)(C)CC(=O)OCNC.CCCCC(=O)OCN.CCOC(=O)C1CCCCC1. The van der Waals surface area contributed by atoms with Gasteiger partial charge in [-0.2, -0.15) is 0 Å². The Balaban J connectivity index is -0.000000412. The summed E-state index contributed by atoms with van der Waals surface area (Å²) in [6.45, 7) is 14.9. The summed E-state index contributed by atoms with van der Waals surface area (Å²) in [5.41, 5.74) is 5.02. The monoisotopic (exact) mass is 490 g/mol. The second kappa shape index (κ2) is 25.9. The van der Waals surface area contributed by atoms with E-state index in [4.69, 9.17) is 15.2 Å². The summed E-state index contributed by atoms with van der Waals surface area (Å²) in [6.07, 6.45) is 9.64. The zero-order valence-electron chi connectivity index (χ0n) is 23.3. The van der Waals surface area contributed by atoms with E-state index >= 15 is 0 Å². The molecule has 1 aliphatic carbocycles. The molecule has 0 atom stereocenters. The molecule has 1 saturated carbocycles. The Morgan fingerprint density at radius 3 is 1.97 bits per heavy atom. The number of esters is 3. The van der Waals surface area contributed by atoms with Gasteiger partial charge in [0.1, 0.15) is 13.5 Å². The molecule has 0 spiro atoms. The van der Waals surface area contributed by atoms with E-state index in [1.807, 2.05) is 27.7 Å². The number of ether oxygens (including phenoxy) is 3. The Morgan fingerprint density at radius 2 is 1.53 bits per heavy atom. The molecule has 204 valence electrons. The van der Waals surface area contributed by atoms with Crippen LogP contribution in [0, 0.1) is 11.3 Å². The predicted molar refractivity (Wildman–Crippen MR) is 138 cm³/mol. The third kappa shape index (κ3) is 25.0. The zero-order chi connectivity index (χ0) is 26.8. The summed E-state index contributed by atoms with van der Waals surface area (Å²) < 4.78 is 14.3. The zero-order valence-corrected chi connectivity index (χ0v) is 23.3. The smallest absolute Gasteiger partial charge is 0.308 e. The molecule has 0 amide bonds. The first-order valence-corrected chi connectivity index (χ1v) is 13.0. The summed E-state index contributed by atoms with van der Waals surface area (Å²) in [5, 5.41) is 2.76. The van der Waals surface area contributed by atoms with Gasteiger partial charge in [-0.3, -0.25) is 25.4 Å².